The number of carbonyl (C=O) groups excluding carboxylic acids is 1. The molecule has 2 N–H and O–H groups in total. The fraction of sp³-hybridized carbons (Fsp3) is 0.185. The van der Waals surface area contributed by atoms with E-state index in [-0.39, 0.29) is 30.3 Å². The zero-order valence-corrected chi connectivity index (χ0v) is 23.3. The predicted molar refractivity (Wildman–Crippen MR) is 151 cm³/mol. The van der Waals surface area contributed by atoms with Crippen LogP contribution in [-0.2, 0) is 22.6 Å². The molecule has 0 aliphatic rings. The molecule has 1 aromatic heterocycles. The number of hydrogen-bond acceptors (Lipinski definition) is 4. The first kappa shape index (κ1) is 28.9. The van der Waals surface area contributed by atoms with Crippen molar-refractivity contribution in [3.05, 3.63) is 121 Å². The maximum absolute atomic E-state index is 12.6. The summed E-state index contributed by atoms with van der Waals surface area (Å²) in [6, 6.07) is 18.3. The van der Waals surface area contributed by atoms with Crippen LogP contribution in [0.3, 0.4) is 0 Å². The van der Waals surface area contributed by atoms with Gasteiger partial charge in [0.2, 0.25) is 11.4 Å². The largest absolute Gasteiger partial charge is 0.363 e. The van der Waals surface area contributed by atoms with Gasteiger partial charge in [-0.3, -0.25) is 14.9 Å². The van der Waals surface area contributed by atoms with E-state index in [0.717, 1.165) is 11.1 Å². The van der Waals surface area contributed by atoms with E-state index < -0.39 is 16.5 Å². The highest BCUT2D eigenvalue weighted by molar-refractivity contribution is 6.35. The Kier molecular flexibility index (Phi) is 9.83. The van der Waals surface area contributed by atoms with E-state index in [2.05, 4.69) is 10.3 Å². The van der Waals surface area contributed by atoms with Crippen LogP contribution in [0.4, 0.5) is 11.4 Å². The Hall–Kier alpha value is -3.14. The van der Waals surface area contributed by atoms with Crippen molar-refractivity contribution in [3.63, 3.8) is 0 Å². The molecule has 2 atom stereocenters. The molecule has 0 saturated heterocycles. The van der Waals surface area contributed by atoms with E-state index in [0.29, 0.717) is 27.3 Å². The second-order valence-electron chi connectivity index (χ2n) is 8.53. The van der Waals surface area contributed by atoms with Gasteiger partial charge in [0.25, 0.3) is 11.5 Å². The van der Waals surface area contributed by atoms with Gasteiger partial charge in [0.15, 0.2) is 0 Å². The quantitative estimate of drug-likeness (QED) is 0.0799. The number of nitro groups is 1. The number of para-hydroxylation sites is 2. The number of imidazole rings is 1. The second kappa shape index (κ2) is 13.3. The highest BCUT2D eigenvalue weighted by Crippen LogP contribution is 2.33. The Balaban J connectivity index is 1.50. The number of carbonyl (C=O) groups is 1. The van der Waals surface area contributed by atoms with Crippen molar-refractivity contribution in [2.75, 3.05) is 5.32 Å². The van der Waals surface area contributed by atoms with E-state index >= 15 is 0 Å². The lowest BCUT2D eigenvalue weighted by Crippen LogP contribution is -2.42. The molecule has 0 aliphatic heterocycles. The summed E-state index contributed by atoms with van der Waals surface area (Å²) < 4.78 is 8.06. The number of nitrogens with one attached hydrogen (secondary N) is 2. The van der Waals surface area contributed by atoms with Gasteiger partial charge in [0.1, 0.15) is 24.2 Å². The van der Waals surface area contributed by atoms with E-state index in [4.69, 9.17) is 51.1 Å². The Labute approximate surface area is 244 Å². The maximum atomic E-state index is 12.6. The molecule has 0 bridgehead atoms. The number of rotatable bonds is 11. The van der Waals surface area contributed by atoms with Gasteiger partial charge < -0.3 is 10.1 Å². The first-order valence-electron chi connectivity index (χ1n) is 11.8. The smallest absolute Gasteiger partial charge is 0.292 e. The number of halogens is 4. The third-order valence-corrected chi connectivity index (χ3v) is 7.19. The molecule has 1 heterocycles. The van der Waals surface area contributed by atoms with Crippen LogP contribution in [-0.4, -0.2) is 15.8 Å². The summed E-state index contributed by atoms with van der Waals surface area (Å²) in [5, 5.41) is 15.4. The number of alkyl halides is 1. The van der Waals surface area contributed by atoms with Crippen LogP contribution in [0.1, 0.15) is 35.0 Å². The predicted octanol–water partition coefficient (Wildman–Crippen LogP) is 7.44. The summed E-state index contributed by atoms with van der Waals surface area (Å²) in [4.78, 5) is 26.4. The van der Waals surface area contributed by atoms with Gasteiger partial charge in [0.05, 0.1) is 18.0 Å². The molecule has 1 amide bonds. The Morgan fingerprint density at radius 3 is 2.49 bits per heavy atom. The van der Waals surface area contributed by atoms with E-state index in [1.807, 2.05) is 12.1 Å². The summed E-state index contributed by atoms with van der Waals surface area (Å²) in [6.45, 7) is 0.172. The molecule has 0 fully saturated rings. The van der Waals surface area contributed by atoms with Gasteiger partial charge in [-0.1, -0.05) is 76.7 Å². The van der Waals surface area contributed by atoms with Gasteiger partial charge >= 0.3 is 0 Å². The number of aromatic amines is 1. The monoisotopic (exact) mass is 607 g/mol. The van der Waals surface area contributed by atoms with Crippen LogP contribution in [0.15, 0.2) is 79.1 Å². The van der Waals surface area contributed by atoms with Gasteiger partial charge in [-0.05, 0) is 41.5 Å². The molecule has 202 valence electrons. The van der Waals surface area contributed by atoms with Crippen LogP contribution in [0, 0.1) is 10.1 Å². The molecule has 2 unspecified atom stereocenters. The van der Waals surface area contributed by atoms with Crippen LogP contribution in [0.2, 0.25) is 15.1 Å². The highest BCUT2D eigenvalue weighted by atomic mass is 35.5. The SMILES string of the molecule is O=C(CCc1[nH]cc[n+]1C(Cl)C(OCc1ccc(Cl)cc1Cl)c1ccc(Cl)cc1)Nc1ccccc1[N+](=O)[O-]. The van der Waals surface area contributed by atoms with E-state index in [1.165, 1.54) is 18.2 Å². The zero-order chi connectivity index (χ0) is 27.9. The van der Waals surface area contributed by atoms with Crippen molar-refractivity contribution in [1.82, 2.24) is 4.98 Å². The van der Waals surface area contributed by atoms with Gasteiger partial charge in [0, 0.05) is 27.6 Å². The molecule has 4 rings (SSSR count). The average molecular weight is 609 g/mol. The lowest BCUT2D eigenvalue weighted by atomic mass is 10.1. The lowest BCUT2D eigenvalue weighted by molar-refractivity contribution is -0.717. The minimum Gasteiger partial charge on any atom is -0.363 e. The maximum Gasteiger partial charge on any atom is 0.292 e. The lowest BCUT2D eigenvalue weighted by Gasteiger charge is -2.22. The standard InChI is InChI=1S/C27H22Cl4N4O4/c28-19-8-5-17(6-9-19)26(39-16-18-7-10-20(29)15-21(18)30)27(31)34-14-13-32-24(34)11-12-25(36)33-22-3-1-2-4-23(22)35(37)38/h1-10,13-15,26-27H,11-12,16H2,(H,33,36)/p+1. The van der Waals surface area contributed by atoms with Crippen molar-refractivity contribution in [1.29, 1.82) is 0 Å². The fourth-order valence-corrected chi connectivity index (χ4v) is 4.93. The summed E-state index contributed by atoms with van der Waals surface area (Å²) in [5.41, 5.74) is 0.786. The van der Waals surface area contributed by atoms with Crippen molar-refractivity contribution in [2.24, 2.45) is 0 Å². The molecule has 0 spiro atoms. The summed E-state index contributed by atoms with van der Waals surface area (Å²) in [5.74, 6) is 0.291. The molecule has 3 aromatic carbocycles. The molecule has 12 heteroatoms. The van der Waals surface area contributed by atoms with Crippen LogP contribution in [0.25, 0.3) is 0 Å². The minimum atomic E-state index is -0.711. The number of nitro benzene ring substituents is 1. The molecule has 0 aliphatic carbocycles. The molecular formula is C27H23Cl4N4O4+. The molecule has 8 nitrogen and oxygen atoms in total. The summed E-state index contributed by atoms with van der Waals surface area (Å²) in [7, 11) is 0. The van der Waals surface area contributed by atoms with Crippen molar-refractivity contribution in [3.8, 4) is 0 Å². The summed E-state index contributed by atoms with van der Waals surface area (Å²) >= 11 is 25.4. The van der Waals surface area contributed by atoms with Crippen LogP contribution >= 0.6 is 46.4 Å². The second-order valence-corrected chi connectivity index (χ2v) is 10.3. The van der Waals surface area contributed by atoms with Crippen molar-refractivity contribution >= 4 is 63.7 Å². The minimum absolute atomic E-state index is 0.0586. The molecule has 0 saturated carbocycles. The van der Waals surface area contributed by atoms with Crippen LogP contribution < -0.4 is 9.88 Å². The number of aryl methyl sites for hydroxylation is 1. The van der Waals surface area contributed by atoms with Gasteiger partial charge in [-0.15, -0.1) is 0 Å². The number of H-pyrrole nitrogens is 1. The first-order valence-corrected chi connectivity index (χ1v) is 13.4. The van der Waals surface area contributed by atoms with E-state index in [1.54, 1.807) is 53.4 Å². The molecule has 4 aromatic rings. The number of nitrogens with zero attached hydrogens (tertiary/aromatic N) is 2. The van der Waals surface area contributed by atoms with E-state index in [9.17, 15) is 14.9 Å². The molecular weight excluding hydrogens is 586 g/mol. The number of anilines is 1. The molecule has 39 heavy (non-hydrogen) atoms. The Morgan fingerprint density at radius 2 is 1.77 bits per heavy atom. The first-order chi connectivity index (χ1) is 18.7. The normalized spacial score (nSPS) is 12.6. The number of hydrogen-bond donors (Lipinski definition) is 2. The van der Waals surface area contributed by atoms with Gasteiger partial charge in [-0.25, -0.2) is 9.55 Å². The Bertz CT molecular complexity index is 1460. The zero-order valence-electron chi connectivity index (χ0n) is 20.3. The number of ether oxygens (including phenoxy) is 1. The molecule has 0 radical (unpaired) electrons. The average Bonchev–Trinajstić information content (AvgIpc) is 3.38. The third kappa shape index (κ3) is 7.50. The number of benzene rings is 3. The highest BCUT2D eigenvalue weighted by Gasteiger charge is 2.31. The summed E-state index contributed by atoms with van der Waals surface area (Å²) in [6.07, 6.45) is 3.20. The van der Waals surface area contributed by atoms with Gasteiger partial charge in [-0.2, -0.15) is 0 Å². The Morgan fingerprint density at radius 1 is 1.05 bits per heavy atom. The van der Waals surface area contributed by atoms with Crippen LogP contribution in [0.5, 0.6) is 0 Å². The fourth-order valence-electron chi connectivity index (χ4n) is 3.94. The topological polar surface area (TPSA) is 101 Å². The van der Waals surface area contributed by atoms with Crippen molar-refractivity contribution < 1.29 is 19.0 Å². The van der Waals surface area contributed by atoms with Crippen molar-refractivity contribution in [2.45, 2.75) is 31.1 Å². The number of aromatic nitrogens is 2. The third-order valence-electron chi connectivity index (χ3n) is 5.91. The number of amides is 1.